The fraction of sp³-hybridized carbons (Fsp3) is 0.810. The van der Waals surface area contributed by atoms with E-state index in [1.165, 1.54) is 30.8 Å². The molecule has 0 spiro atoms. The Morgan fingerprint density at radius 3 is 2.62 bits per heavy atom. The summed E-state index contributed by atoms with van der Waals surface area (Å²) in [7, 11) is 0. The molecule has 1 unspecified atom stereocenters. The van der Waals surface area contributed by atoms with Gasteiger partial charge in [0.2, 0.25) is 5.91 Å². The summed E-state index contributed by atoms with van der Waals surface area (Å²) in [6.45, 7) is 5.65. The second kappa shape index (κ2) is 8.12. The van der Waals surface area contributed by atoms with Gasteiger partial charge < -0.3 is 14.2 Å². The zero-order chi connectivity index (χ0) is 17.9. The summed E-state index contributed by atoms with van der Waals surface area (Å²) in [6.07, 6.45) is 12.3. The van der Waals surface area contributed by atoms with E-state index in [2.05, 4.69) is 16.4 Å². The lowest BCUT2D eigenvalue weighted by Gasteiger charge is -2.38. The highest BCUT2D eigenvalue weighted by Crippen LogP contribution is 2.33. The Kier molecular flexibility index (Phi) is 5.63. The van der Waals surface area contributed by atoms with Crippen molar-refractivity contribution in [1.29, 1.82) is 0 Å². The van der Waals surface area contributed by atoms with Crippen LogP contribution in [0.3, 0.4) is 0 Å². The van der Waals surface area contributed by atoms with Crippen LogP contribution in [0.1, 0.15) is 81.3 Å². The molecular weight excluding hydrogens is 326 g/mol. The van der Waals surface area contributed by atoms with Crippen molar-refractivity contribution < 1.29 is 9.53 Å². The molecule has 0 bridgehead atoms. The van der Waals surface area contributed by atoms with Gasteiger partial charge in [0.05, 0.1) is 6.04 Å². The molecule has 3 aliphatic rings. The maximum atomic E-state index is 13.0. The van der Waals surface area contributed by atoms with Gasteiger partial charge >= 0.3 is 0 Å². The van der Waals surface area contributed by atoms with Crippen molar-refractivity contribution in [3.05, 3.63) is 17.7 Å². The third-order valence-corrected chi connectivity index (χ3v) is 6.62. The lowest BCUT2D eigenvalue weighted by atomic mass is 9.87. The number of hydrogen-bond acceptors (Lipinski definition) is 3. The van der Waals surface area contributed by atoms with Gasteiger partial charge in [-0.2, -0.15) is 0 Å². The largest absolute Gasteiger partial charge is 0.381 e. The summed E-state index contributed by atoms with van der Waals surface area (Å²) in [5.74, 6) is 2.42. The molecular formula is C21H33N3O2. The Balaban J connectivity index is 1.49. The molecule has 2 aliphatic heterocycles. The van der Waals surface area contributed by atoms with Crippen LogP contribution in [0.25, 0.3) is 0 Å². The molecule has 5 heteroatoms. The zero-order valence-corrected chi connectivity index (χ0v) is 16.2. The van der Waals surface area contributed by atoms with Crippen LogP contribution in [0, 0.1) is 12.8 Å². The van der Waals surface area contributed by atoms with Crippen LogP contribution >= 0.6 is 0 Å². The maximum absolute atomic E-state index is 13.0. The van der Waals surface area contributed by atoms with Crippen molar-refractivity contribution >= 4 is 5.91 Å². The number of aromatic nitrogens is 2. The summed E-state index contributed by atoms with van der Waals surface area (Å²) in [5.41, 5.74) is 1.24. The average molecular weight is 360 g/mol. The number of nitrogens with zero attached hydrogens (tertiary/aromatic N) is 3. The lowest BCUT2D eigenvalue weighted by molar-refractivity contribution is -0.138. The van der Waals surface area contributed by atoms with E-state index < -0.39 is 0 Å². The average Bonchev–Trinajstić information content (AvgIpc) is 3.10. The molecule has 2 saturated heterocycles. The number of ether oxygens (including phenoxy) is 1. The number of rotatable bonds is 3. The number of carbonyl (C=O) groups excluding carboxylic acids is 1. The fourth-order valence-corrected chi connectivity index (χ4v) is 5.17. The van der Waals surface area contributed by atoms with Crippen molar-refractivity contribution in [3.8, 4) is 0 Å². The molecule has 1 aliphatic carbocycles. The maximum Gasteiger partial charge on any atom is 0.225 e. The van der Waals surface area contributed by atoms with Crippen LogP contribution in [0.2, 0.25) is 0 Å². The van der Waals surface area contributed by atoms with E-state index in [0.717, 1.165) is 64.8 Å². The van der Waals surface area contributed by atoms with Crippen molar-refractivity contribution in [2.75, 3.05) is 26.3 Å². The predicted molar refractivity (Wildman–Crippen MR) is 101 cm³/mol. The van der Waals surface area contributed by atoms with Crippen LogP contribution in [0.5, 0.6) is 0 Å². The lowest BCUT2D eigenvalue weighted by Crippen LogP contribution is -2.44. The Hall–Kier alpha value is -1.36. The fourth-order valence-electron chi connectivity index (χ4n) is 5.17. The molecule has 1 aromatic heterocycles. The number of hydrogen-bond donors (Lipinski definition) is 0. The van der Waals surface area contributed by atoms with E-state index in [4.69, 9.17) is 9.72 Å². The Bertz CT molecular complexity index is 615. The first-order chi connectivity index (χ1) is 12.7. The first-order valence-corrected chi connectivity index (χ1v) is 10.6. The van der Waals surface area contributed by atoms with Gasteiger partial charge in [-0.05, 0) is 45.4 Å². The predicted octanol–water partition coefficient (Wildman–Crippen LogP) is 3.83. The Morgan fingerprint density at radius 2 is 1.85 bits per heavy atom. The molecule has 0 aromatic carbocycles. The van der Waals surface area contributed by atoms with E-state index in [9.17, 15) is 4.79 Å². The molecule has 0 radical (unpaired) electrons. The normalized spacial score (nSPS) is 26.2. The topological polar surface area (TPSA) is 47.4 Å². The van der Waals surface area contributed by atoms with Crippen molar-refractivity contribution in [3.63, 3.8) is 0 Å². The van der Waals surface area contributed by atoms with Gasteiger partial charge in [-0.1, -0.05) is 19.3 Å². The number of carbonyl (C=O) groups is 1. The molecule has 26 heavy (non-hydrogen) atoms. The van der Waals surface area contributed by atoms with Crippen LogP contribution in [0.4, 0.5) is 0 Å². The van der Waals surface area contributed by atoms with Gasteiger partial charge in [0.1, 0.15) is 5.82 Å². The monoisotopic (exact) mass is 359 g/mol. The number of amides is 1. The molecule has 3 fully saturated rings. The molecule has 1 saturated carbocycles. The van der Waals surface area contributed by atoms with Crippen molar-refractivity contribution in [2.45, 2.75) is 76.7 Å². The number of imidazole rings is 1. The smallest absolute Gasteiger partial charge is 0.225 e. The second-order valence-electron chi connectivity index (χ2n) is 8.43. The first kappa shape index (κ1) is 18.0. The summed E-state index contributed by atoms with van der Waals surface area (Å²) in [5, 5.41) is 0. The minimum atomic E-state index is 0.279. The van der Waals surface area contributed by atoms with E-state index in [0.29, 0.717) is 17.9 Å². The van der Waals surface area contributed by atoms with Gasteiger partial charge in [-0.25, -0.2) is 4.98 Å². The van der Waals surface area contributed by atoms with Crippen LogP contribution in [-0.4, -0.2) is 46.7 Å². The van der Waals surface area contributed by atoms with Gasteiger partial charge in [0, 0.05) is 50.0 Å². The zero-order valence-electron chi connectivity index (χ0n) is 16.2. The van der Waals surface area contributed by atoms with Crippen molar-refractivity contribution in [1.82, 2.24) is 14.5 Å². The molecule has 5 nitrogen and oxygen atoms in total. The summed E-state index contributed by atoms with van der Waals surface area (Å²) in [4.78, 5) is 20.0. The quantitative estimate of drug-likeness (QED) is 0.824. The van der Waals surface area contributed by atoms with E-state index in [1.807, 2.05) is 6.20 Å². The Labute approximate surface area is 157 Å². The van der Waals surface area contributed by atoms with E-state index in [-0.39, 0.29) is 5.92 Å². The van der Waals surface area contributed by atoms with Crippen LogP contribution in [0.15, 0.2) is 6.20 Å². The molecule has 0 N–H and O–H groups in total. The first-order valence-electron chi connectivity index (χ1n) is 10.6. The highest BCUT2D eigenvalue weighted by atomic mass is 16.5. The summed E-state index contributed by atoms with van der Waals surface area (Å²) < 4.78 is 7.99. The molecule has 4 rings (SSSR count). The van der Waals surface area contributed by atoms with Gasteiger partial charge in [-0.3, -0.25) is 4.79 Å². The summed E-state index contributed by atoms with van der Waals surface area (Å²) in [6, 6.07) is 0.386. The minimum absolute atomic E-state index is 0.279. The van der Waals surface area contributed by atoms with Gasteiger partial charge in [0.25, 0.3) is 0 Å². The third-order valence-electron chi connectivity index (χ3n) is 6.62. The molecule has 144 valence electrons. The highest BCUT2D eigenvalue weighted by Gasteiger charge is 2.32. The van der Waals surface area contributed by atoms with Crippen LogP contribution in [-0.2, 0) is 9.53 Å². The molecule has 1 aromatic rings. The molecule has 3 heterocycles. The third kappa shape index (κ3) is 3.68. The standard InChI is InChI=1S/C21H33N3O2/c1-16-14-22-20(17-9-12-26-13-10-17)24(16)19-8-5-11-23(15-19)21(25)18-6-3-2-4-7-18/h14,17-19H,2-13,15H2,1H3. The highest BCUT2D eigenvalue weighted by molar-refractivity contribution is 5.79. The number of piperidine rings is 1. The molecule has 1 amide bonds. The minimum Gasteiger partial charge on any atom is -0.381 e. The SMILES string of the molecule is Cc1cnc(C2CCOCC2)n1C1CCCN(C(=O)C2CCCCC2)C1. The number of likely N-dealkylation sites (tertiary alicyclic amines) is 1. The molecule has 1 atom stereocenters. The van der Waals surface area contributed by atoms with Gasteiger partial charge in [0.15, 0.2) is 0 Å². The van der Waals surface area contributed by atoms with E-state index in [1.54, 1.807) is 0 Å². The Morgan fingerprint density at radius 1 is 1.08 bits per heavy atom. The van der Waals surface area contributed by atoms with E-state index >= 15 is 0 Å². The van der Waals surface area contributed by atoms with Gasteiger partial charge in [-0.15, -0.1) is 0 Å². The second-order valence-corrected chi connectivity index (χ2v) is 8.43. The van der Waals surface area contributed by atoms with Crippen LogP contribution < -0.4 is 0 Å². The van der Waals surface area contributed by atoms with Crippen molar-refractivity contribution in [2.24, 2.45) is 5.92 Å². The summed E-state index contributed by atoms with van der Waals surface area (Å²) >= 11 is 0. The number of aryl methyl sites for hydroxylation is 1.